The second-order valence-corrected chi connectivity index (χ2v) is 9.25. The van der Waals surface area contributed by atoms with Crippen molar-refractivity contribution in [3.8, 4) is 5.75 Å². The molecule has 1 aliphatic rings. The third-order valence-electron chi connectivity index (χ3n) is 4.38. The number of amides is 1. The lowest BCUT2D eigenvalue weighted by atomic mass is 9.89. The van der Waals surface area contributed by atoms with Crippen LogP contribution in [0.25, 0.3) is 0 Å². The topological polar surface area (TPSA) is 38.3 Å². The predicted molar refractivity (Wildman–Crippen MR) is 112 cm³/mol. The average Bonchev–Trinajstić information content (AvgIpc) is 2.55. The lowest BCUT2D eigenvalue weighted by Gasteiger charge is -2.38. The summed E-state index contributed by atoms with van der Waals surface area (Å²) < 4.78 is 7.17. The summed E-state index contributed by atoms with van der Waals surface area (Å²) in [5.41, 5.74) is 3.17. The van der Waals surface area contributed by atoms with E-state index < -0.39 is 0 Å². The van der Waals surface area contributed by atoms with Gasteiger partial charge in [0.2, 0.25) is 5.91 Å². The van der Waals surface area contributed by atoms with Crippen LogP contribution in [0.4, 0.5) is 0 Å². The summed E-state index contributed by atoms with van der Waals surface area (Å²) in [6, 6.07) is 14.4. The molecule has 26 heavy (non-hydrogen) atoms. The Labute approximate surface area is 168 Å². The van der Waals surface area contributed by atoms with Crippen LogP contribution in [-0.2, 0) is 10.5 Å². The van der Waals surface area contributed by atoms with Crippen LogP contribution in [0.1, 0.15) is 43.0 Å². The van der Waals surface area contributed by atoms with Crippen LogP contribution in [0.3, 0.4) is 0 Å². The number of halogens is 1. The highest BCUT2D eigenvalue weighted by Gasteiger charge is 2.34. The molecule has 1 amide bonds. The molecule has 0 aliphatic carbocycles. The minimum atomic E-state index is -0.288. The first-order valence-corrected chi connectivity index (χ1v) is 10.7. The van der Waals surface area contributed by atoms with Crippen molar-refractivity contribution >= 4 is 33.6 Å². The van der Waals surface area contributed by atoms with Crippen molar-refractivity contribution in [2.24, 2.45) is 0 Å². The third kappa shape index (κ3) is 5.04. The van der Waals surface area contributed by atoms with E-state index in [1.807, 2.05) is 12.1 Å². The monoisotopic (exact) mass is 433 g/mol. The standard InChI is InChI=1S/C21H24BrNO2S/c1-14-4-9-17-18(11-21(2,3)25-19(17)10-14)23-20(24)13-26-12-15-5-7-16(22)8-6-15/h4-10,18H,11-13H2,1-3H3,(H,23,24). The highest BCUT2D eigenvalue weighted by Crippen LogP contribution is 2.39. The van der Waals surface area contributed by atoms with Gasteiger partial charge in [-0.1, -0.05) is 40.2 Å². The average molecular weight is 434 g/mol. The van der Waals surface area contributed by atoms with Gasteiger partial charge in [-0.3, -0.25) is 4.79 Å². The number of aryl methyl sites for hydroxylation is 1. The molecule has 0 saturated heterocycles. The van der Waals surface area contributed by atoms with E-state index in [1.54, 1.807) is 11.8 Å². The second-order valence-electron chi connectivity index (χ2n) is 7.35. The zero-order valence-electron chi connectivity index (χ0n) is 15.3. The van der Waals surface area contributed by atoms with E-state index in [0.717, 1.165) is 33.5 Å². The van der Waals surface area contributed by atoms with Crippen molar-refractivity contribution in [3.05, 3.63) is 63.6 Å². The molecular formula is C21H24BrNO2S. The van der Waals surface area contributed by atoms with Crippen molar-refractivity contribution in [1.82, 2.24) is 5.32 Å². The fourth-order valence-electron chi connectivity index (χ4n) is 3.17. The van der Waals surface area contributed by atoms with Gasteiger partial charge in [-0.2, -0.15) is 0 Å². The maximum absolute atomic E-state index is 12.5. The van der Waals surface area contributed by atoms with Crippen LogP contribution in [0.5, 0.6) is 5.75 Å². The highest BCUT2D eigenvalue weighted by atomic mass is 79.9. The van der Waals surface area contributed by atoms with Crippen LogP contribution >= 0.6 is 27.7 Å². The van der Waals surface area contributed by atoms with Gasteiger partial charge in [0.05, 0.1) is 11.8 Å². The zero-order chi connectivity index (χ0) is 18.7. The van der Waals surface area contributed by atoms with Crippen LogP contribution in [0.15, 0.2) is 46.9 Å². The van der Waals surface area contributed by atoms with Gasteiger partial charge in [-0.25, -0.2) is 0 Å². The van der Waals surface area contributed by atoms with Crippen molar-refractivity contribution in [2.75, 3.05) is 5.75 Å². The molecule has 5 heteroatoms. The molecule has 0 spiro atoms. The van der Waals surface area contributed by atoms with E-state index in [2.05, 4.69) is 72.3 Å². The number of thioether (sulfide) groups is 1. The van der Waals surface area contributed by atoms with Gasteiger partial charge in [-0.05, 0) is 50.1 Å². The highest BCUT2D eigenvalue weighted by molar-refractivity contribution is 9.10. The fraction of sp³-hybridized carbons (Fsp3) is 0.381. The number of benzene rings is 2. The Morgan fingerprint density at radius 3 is 2.73 bits per heavy atom. The normalized spacial score (nSPS) is 17.9. The first-order chi connectivity index (χ1) is 12.3. The Morgan fingerprint density at radius 2 is 2.00 bits per heavy atom. The summed E-state index contributed by atoms with van der Waals surface area (Å²) in [5, 5.41) is 3.20. The smallest absolute Gasteiger partial charge is 0.230 e. The summed E-state index contributed by atoms with van der Waals surface area (Å²) in [4.78, 5) is 12.5. The van der Waals surface area contributed by atoms with Crippen molar-refractivity contribution in [1.29, 1.82) is 0 Å². The number of hydrogen-bond donors (Lipinski definition) is 1. The molecule has 1 aliphatic heterocycles. The number of nitrogens with one attached hydrogen (secondary N) is 1. The Bertz CT molecular complexity index is 789. The van der Waals surface area contributed by atoms with E-state index in [0.29, 0.717) is 5.75 Å². The van der Waals surface area contributed by atoms with E-state index >= 15 is 0 Å². The number of rotatable bonds is 5. The molecule has 0 radical (unpaired) electrons. The maximum Gasteiger partial charge on any atom is 0.230 e. The van der Waals surface area contributed by atoms with Gasteiger partial charge in [0.1, 0.15) is 11.4 Å². The molecule has 2 aromatic rings. The molecule has 1 unspecified atom stereocenters. The number of carbonyl (C=O) groups excluding carboxylic acids is 1. The first kappa shape index (κ1) is 19.3. The molecule has 0 fully saturated rings. The van der Waals surface area contributed by atoms with E-state index in [1.165, 1.54) is 5.56 Å². The van der Waals surface area contributed by atoms with Gasteiger partial charge in [0, 0.05) is 22.2 Å². The van der Waals surface area contributed by atoms with Gasteiger partial charge in [-0.15, -0.1) is 11.8 Å². The van der Waals surface area contributed by atoms with E-state index in [-0.39, 0.29) is 17.6 Å². The van der Waals surface area contributed by atoms with Crippen molar-refractivity contribution < 1.29 is 9.53 Å². The molecule has 1 N–H and O–H groups in total. The minimum Gasteiger partial charge on any atom is -0.487 e. The van der Waals surface area contributed by atoms with Crippen LogP contribution in [-0.4, -0.2) is 17.3 Å². The summed E-state index contributed by atoms with van der Waals surface area (Å²) >= 11 is 5.07. The number of hydrogen-bond acceptors (Lipinski definition) is 3. The van der Waals surface area contributed by atoms with Crippen LogP contribution in [0.2, 0.25) is 0 Å². The Balaban J connectivity index is 1.59. The van der Waals surface area contributed by atoms with Crippen molar-refractivity contribution in [2.45, 2.75) is 44.6 Å². The molecule has 0 saturated carbocycles. The molecule has 138 valence electrons. The van der Waals surface area contributed by atoms with Crippen LogP contribution in [0, 0.1) is 6.92 Å². The van der Waals surface area contributed by atoms with E-state index in [9.17, 15) is 4.79 Å². The summed E-state index contributed by atoms with van der Waals surface area (Å²) in [6.45, 7) is 6.19. The fourth-order valence-corrected chi connectivity index (χ4v) is 4.23. The number of carbonyl (C=O) groups is 1. The maximum atomic E-state index is 12.5. The first-order valence-electron chi connectivity index (χ1n) is 8.73. The lowest BCUT2D eigenvalue weighted by molar-refractivity contribution is -0.119. The van der Waals surface area contributed by atoms with E-state index in [4.69, 9.17) is 4.74 Å². The Kier molecular flexibility index (Phi) is 5.98. The quantitative estimate of drug-likeness (QED) is 0.684. The number of ether oxygens (including phenoxy) is 1. The zero-order valence-corrected chi connectivity index (χ0v) is 17.7. The SMILES string of the molecule is Cc1ccc2c(c1)OC(C)(C)CC2NC(=O)CSCc1ccc(Br)cc1. The Morgan fingerprint density at radius 1 is 1.27 bits per heavy atom. The Hall–Kier alpha value is -1.46. The predicted octanol–water partition coefficient (Wildman–Crippen LogP) is 5.41. The molecule has 3 rings (SSSR count). The second kappa shape index (κ2) is 8.05. The largest absolute Gasteiger partial charge is 0.487 e. The molecule has 1 atom stereocenters. The van der Waals surface area contributed by atoms with Crippen LogP contribution < -0.4 is 10.1 Å². The molecule has 0 bridgehead atoms. The summed E-state index contributed by atoms with van der Waals surface area (Å²) in [6.07, 6.45) is 0.770. The third-order valence-corrected chi connectivity index (χ3v) is 5.91. The summed E-state index contributed by atoms with van der Waals surface area (Å²) in [7, 11) is 0. The van der Waals surface area contributed by atoms with Gasteiger partial charge < -0.3 is 10.1 Å². The van der Waals surface area contributed by atoms with Crippen molar-refractivity contribution in [3.63, 3.8) is 0 Å². The number of fused-ring (bicyclic) bond motifs is 1. The van der Waals surface area contributed by atoms with Gasteiger partial charge >= 0.3 is 0 Å². The molecule has 3 nitrogen and oxygen atoms in total. The molecular weight excluding hydrogens is 410 g/mol. The van der Waals surface area contributed by atoms with Gasteiger partial charge in [0.25, 0.3) is 0 Å². The summed E-state index contributed by atoms with van der Waals surface area (Å²) in [5.74, 6) is 2.24. The lowest BCUT2D eigenvalue weighted by Crippen LogP contribution is -2.41. The molecule has 1 heterocycles. The van der Waals surface area contributed by atoms with Gasteiger partial charge in [0.15, 0.2) is 0 Å². The minimum absolute atomic E-state index is 0.00451. The molecule has 0 aromatic heterocycles. The molecule has 2 aromatic carbocycles.